The lowest BCUT2D eigenvalue weighted by atomic mass is 10.1. The molecule has 0 radical (unpaired) electrons. The number of methoxy groups -OCH3 is 2. The smallest absolute Gasteiger partial charge is 0.247 e. The van der Waals surface area contributed by atoms with Crippen LogP contribution in [0.2, 0.25) is 0 Å². The average molecular weight is 610 g/mol. The number of piperazine rings is 1. The molecule has 0 saturated carbocycles. The number of aromatic nitrogens is 1. The minimum atomic E-state index is -1.17. The van der Waals surface area contributed by atoms with E-state index in [0.717, 1.165) is 37.9 Å². The van der Waals surface area contributed by atoms with E-state index in [9.17, 15) is 18.4 Å². The van der Waals surface area contributed by atoms with Crippen LogP contribution in [-0.2, 0) is 4.79 Å². The molecule has 224 valence electrons. The predicted octanol–water partition coefficient (Wildman–Crippen LogP) is 5.62. The summed E-state index contributed by atoms with van der Waals surface area (Å²) in [6.45, 7) is 7.06. The number of anilines is 4. The monoisotopic (exact) mass is 609 g/mol. The quantitative estimate of drug-likeness (QED) is 0.134. The summed E-state index contributed by atoms with van der Waals surface area (Å²) in [6.07, 6.45) is 4.63. The number of benzene rings is 2. The van der Waals surface area contributed by atoms with Crippen LogP contribution < -0.4 is 25.0 Å². The Morgan fingerprint density at radius 1 is 1.02 bits per heavy atom. The zero-order chi connectivity index (χ0) is 30.7. The Balaban J connectivity index is 1.43. The van der Waals surface area contributed by atoms with E-state index >= 15 is 0 Å². The highest BCUT2D eigenvalue weighted by Gasteiger charge is 2.28. The van der Waals surface area contributed by atoms with Crippen LogP contribution in [0.1, 0.15) is 16.1 Å². The Bertz CT molecular complexity index is 1680. The number of nitrogens with one attached hydrogen (secondary N) is 2. The lowest BCUT2D eigenvalue weighted by molar-refractivity contribution is -0.111. The third-order valence-electron chi connectivity index (χ3n) is 7.00. The topological polar surface area (TPSA) is 109 Å². The number of fused-ring (bicyclic) bond motifs is 1. The van der Waals surface area contributed by atoms with E-state index in [1.54, 1.807) is 18.0 Å². The second-order valence-electron chi connectivity index (χ2n) is 9.48. The molecule has 3 heterocycles. The van der Waals surface area contributed by atoms with Crippen molar-refractivity contribution in [2.24, 2.45) is 0 Å². The molecule has 2 N–H and O–H groups in total. The van der Waals surface area contributed by atoms with E-state index in [1.165, 1.54) is 32.6 Å². The van der Waals surface area contributed by atoms with Gasteiger partial charge in [-0.05, 0) is 42.7 Å². The van der Waals surface area contributed by atoms with Gasteiger partial charge in [-0.2, -0.15) is 0 Å². The van der Waals surface area contributed by atoms with E-state index in [1.807, 2.05) is 18.2 Å². The fourth-order valence-corrected chi connectivity index (χ4v) is 5.25. The normalized spacial score (nSPS) is 13.6. The second kappa shape index (κ2) is 12.7. The zero-order valence-electron chi connectivity index (χ0n) is 23.7. The number of pyridine rings is 1. The number of hydrogen-bond acceptors (Lipinski definition) is 10. The molecule has 2 aromatic carbocycles. The van der Waals surface area contributed by atoms with E-state index in [-0.39, 0.29) is 28.7 Å². The summed E-state index contributed by atoms with van der Waals surface area (Å²) < 4.78 is 47.6. The van der Waals surface area contributed by atoms with Crippen LogP contribution in [0.25, 0.3) is 11.0 Å². The molecule has 1 fully saturated rings. The Labute approximate surface area is 250 Å². The molecular formula is C30H29F2N5O5S. The minimum Gasteiger partial charge on any atom is -0.494 e. The van der Waals surface area contributed by atoms with E-state index in [0.29, 0.717) is 22.6 Å². The molecule has 1 aliphatic rings. The molecule has 13 heteroatoms. The van der Waals surface area contributed by atoms with Gasteiger partial charge in [0.05, 0.1) is 31.8 Å². The van der Waals surface area contributed by atoms with Gasteiger partial charge >= 0.3 is 0 Å². The summed E-state index contributed by atoms with van der Waals surface area (Å²) in [5.41, 5.74) is 1.42. The average Bonchev–Trinajstić information content (AvgIpc) is 3.45. The molecule has 43 heavy (non-hydrogen) atoms. The first-order chi connectivity index (χ1) is 20.8. The standard InChI is InChI=1S/C30H29F2N5O5S/c1-5-26(38)35-20-14-18(36-8-10-37(43-4)11-9-36)6-7-19(20)34-25-13-17-12-23(42-24(17)16-33-25)30(39)27-28(31)21(40-2)15-22(41-3)29(27)32/h5-7,12-16H,1,8-11H2,2-4H3,(H,33,34)(H,35,38). The van der Waals surface area contributed by atoms with Crippen molar-refractivity contribution in [3.63, 3.8) is 0 Å². The number of carbonyl (C=O) groups is 2. The largest absolute Gasteiger partial charge is 0.494 e. The van der Waals surface area contributed by atoms with Crippen LogP contribution in [0.3, 0.4) is 0 Å². The number of amides is 1. The SMILES string of the molecule is C=CC(=O)Nc1cc(N2CCN(SC)CC2)ccc1Nc1cc2cc(C(=O)c3c(F)c(OC)cc(OC)c3F)oc2cn1. The van der Waals surface area contributed by atoms with Gasteiger partial charge in [0.1, 0.15) is 11.4 Å². The summed E-state index contributed by atoms with van der Waals surface area (Å²) in [5, 5.41) is 6.48. The number of rotatable bonds is 10. The molecule has 0 aliphatic carbocycles. The molecule has 10 nitrogen and oxygen atoms in total. The van der Waals surface area contributed by atoms with Crippen molar-refractivity contribution in [2.75, 3.05) is 62.2 Å². The summed E-state index contributed by atoms with van der Waals surface area (Å²) in [7, 11) is 2.39. The number of furan rings is 1. The van der Waals surface area contributed by atoms with Crippen LogP contribution in [0, 0.1) is 11.6 Å². The Hall–Kier alpha value is -4.62. The summed E-state index contributed by atoms with van der Waals surface area (Å²) >= 11 is 1.72. The first-order valence-corrected chi connectivity index (χ1v) is 14.4. The summed E-state index contributed by atoms with van der Waals surface area (Å²) in [4.78, 5) is 32.0. The molecule has 1 aliphatic heterocycles. The molecular weight excluding hydrogens is 580 g/mol. The molecule has 0 unspecified atom stereocenters. The second-order valence-corrected chi connectivity index (χ2v) is 10.4. The van der Waals surface area contributed by atoms with Gasteiger partial charge in [0.2, 0.25) is 11.7 Å². The van der Waals surface area contributed by atoms with Crippen LogP contribution >= 0.6 is 11.9 Å². The van der Waals surface area contributed by atoms with Gasteiger partial charge in [0.15, 0.2) is 34.5 Å². The first-order valence-electron chi connectivity index (χ1n) is 13.2. The fourth-order valence-electron chi connectivity index (χ4n) is 4.73. The number of halogens is 2. The molecule has 4 aromatic rings. The van der Waals surface area contributed by atoms with Crippen molar-refractivity contribution < 1.29 is 32.3 Å². The number of carbonyl (C=O) groups excluding carboxylic acids is 2. The molecule has 0 atom stereocenters. The van der Waals surface area contributed by atoms with Crippen molar-refractivity contribution >= 4 is 57.5 Å². The Morgan fingerprint density at radius 2 is 1.72 bits per heavy atom. The van der Waals surface area contributed by atoms with Gasteiger partial charge in [0.25, 0.3) is 0 Å². The highest BCUT2D eigenvalue weighted by Crippen LogP contribution is 2.35. The lowest BCUT2D eigenvalue weighted by Gasteiger charge is -2.35. The third-order valence-corrected chi connectivity index (χ3v) is 7.88. The lowest BCUT2D eigenvalue weighted by Crippen LogP contribution is -2.43. The number of ketones is 1. The molecule has 1 saturated heterocycles. The Morgan fingerprint density at radius 3 is 2.35 bits per heavy atom. The number of ether oxygens (including phenoxy) is 2. The highest BCUT2D eigenvalue weighted by molar-refractivity contribution is 7.96. The fraction of sp³-hybridized carbons (Fsp3) is 0.233. The molecule has 1 amide bonds. The maximum absolute atomic E-state index is 14.9. The van der Waals surface area contributed by atoms with Crippen molar-refractivity contribution in [1.29, 1.82) is 0 Å². The summed E-state index contributed by atoms with van der Waals surface area (Å²) in [6, 6.07) is 9.69. The highest BCUT2D eigenvalue weighted by atomic mass is 32.2. The van der Waals surface area contributed by atoms with E-state index in [4.69, 9.17) is 13.9 Å². The third kappa shape index (κ3) is 6.13. The van der Waals surface area contributed by atoms with Gasteiger partial charge < -0.3 is 29.4 Å². The maximum atomic E-state index is 14.9. The van der Waals surface area contributed by atoms with Crippen molar-refractivity contribution in [2.45, 2.75) is 0 Å². The molecule has 2 aromatic heterocycles. The van der Waals surface area contributed by atoms with Crippen LogP contribution in [-0.4, -0.2) is 67.6 Å². The van der Waals surface area contributed by atoms with E-state index < -0.39 is 23.0 Å². The minimum absolute atomic E-state index is 0.226. The van der Waals surface area contributed by atoms with E-state index in [2.05, 4.69) is 37.7 Å². The Kier molecular flexibility index (Phi) is 8.83. The predicted molar refractivity (Wildman–Crippen MR) is 163 cm³/mol. The van der Waals surface area contributed by atoms with Gasteiger partial charge in [0, 0.05) is 43.3 Å². The molecule has 0 bridgehead atoms. The van der Waals surface area contributed by atoms with Crippen LogP contribution in [0.15, 0.2) is 59.7 Å². The van der Waals surface area contributed by atoms with Crippen molar-refractivity contribution in [3.05, 3.63) is 78.2 Å². The number of hydrogen-bond donors (Lipinski definition) is 2. The van der Waals surface area contributed by atoms with Crippen LogP contribution in [0.5, 0.6) is 11.5 Å². The number of nitrogens with zero attached hydrogens (tertiary/aromatic N) is 3. The summed E-state index contributed by atoms with van der Waals surface area (Å²) in [5.74, 6) is -4.36. The van der Waals surface area contributed by atoms with Gasteiger partial charge in [-0.15, -0.1) is 0 Å². The van der Waals surface area contributed by atoms with Crippen LogP contribution in [0.4, 0.5) is 31.7 Å². The first kappa shape index (κ1) is 29.9. The van der Waals surface area contributed by atoms with Crippen molar-refractivity contribution in [3.8, 4) is 11.5 Å². The maximum Gasteiger partial charge on any atom is 0.247 e. The molecule has 0 spiro atoms. The van der Waals surface area contributed by atoms with Gasteiger partial charge in [-0.3, -0.25) is 9.59 Å². The van der Waals surface area contributed by atoms with Gasteiger partial charge in [-0.25, -0.2) is 18.1 Å². The van der Waals surface area contributed by atoms with Gasteiger partial charge in [-0.1, -0.05) is 18.5 Å². The molecule has 5 rings (SSSR count). The zero-order valence-corrected chi connectivity index (χ0v) is 24.5. The van der Waals surface area contributed by atoms with Crippen molar-refractivity contribution in [1.82, 2.24) is 9.29 Å².